The van der Waals surface area contributed by atoms with Crippen molar-refractivity contribution in [2.75, 3.05) is 51.4 Å². The molecule has 0 atom stereocenters. The zero-order chi connectivity index (χ0) is 27.3. The van der Waals surface area contributed by atoms with E-state index in [4.69, 9.17) is 20.9 Å². The van der Waals surface area contributed by atoms with Gasteiger partial charge in [0.25, 0.3) is 5.91 Å². The summed E-state index contributed by atoms with van der Waals surface area (Å²) in [5.41, 5.74) is 15.7. The van der Waals surface area contributed by atoms with E-state index in [2.05, 4.69) is 10.3 Å². The fourth-order valence-corrected chi connectivity index (χ4v) is 4.15. The number of fused-ring (bicyclic) bond motifs is 1. The molecule has 0 spiro atoms. The first kappa shape index (κ1) is 29.0. The number of anilines is 1. The number of nitrogens with zero attached hydrogens (tertiary/aromatic N) is 2. The van der Waals surface area contributed by atoms with Crippen LogP contribution in [-0.2, 0) is 14.3 Å². The number of aliphatic imine (C=N–C) groups is 1. The van der Waals surface area contributed by atoms with Crippen LogP contribution < -0.4 is 16.8 Å². The molecule has 1 aliphatic rings. The van der Waals surface area contributed by atoms with Gasteiger partial charge in [-0.1, -0.05) is 25.1 Å². The number of nitrogens with one attached hydrogen (secondary N) is 1. The first-order chi connectivity index (χ1) is 18.4. The topological polar surface area (TPSA) is 132 Å². The van der Waals surface area contributed by atoms with Gasteiger partial charge >= 0.3 is 0 Å². The summed E-state index contributed by atoms with van der Waals surface area (Å²) < 4.78 is 10.9. The van der Waals surface area contributed by atoms with Crippen molar-refractivity contribution in [3.8, 4) is 0 Å². The number of carbonyl (C=O) groups is 2. The van der Waals surface area contributed by atoms with Crippen LogP contribution in [0.3, 0.4) is 0 Å². The zero-order valence-electron chi connectivity index (χ0n) is 22.4. The number of amides is 2. The highest BCUT2D eigenvalue weighted by Gasteiger charge is 2.21. The minimum absolute atomic E-state index is 0.0644. The molecule has 3 rings (SSSR count). The van der Waals surface area contributed by atoms with E-state index >= 15 is 0 Å². The van der Waals surface area contributed by atoms with E-state index in [9.17, 15) is 9.59 Å². The average Bonchev–Trinajstić information content (AvgIpc) is 3.06. The number of aryl methyl sites for hydroxylation is 1. The van der Waals surface area contributed by atoms with Gasteiger partial charge in [0, 0.05) is 55.0 Å². The van der Waals surface area contributed by atoms with Gasteiger partial charge in [-0.15, -0.1) is 0 Å². The number of rotatable bonds is 14. The van der Waals surface area contributed by atoms with Crippen LogP contribution in [0.1, 0.15) is 47.7 Å². The first-order valence-electron chi connectivity index (χ1n) is 13.1. The summed E-state index contributed by atoms with van der Waals surface area (Å²) in [5, 5.41) is 2.91. The van der Waals surface area contributed by atoms with Gasteiger partial charge in [0.05, 0.1) is 25.5 Å². The second-order valence-corrected chi connectivity index (χ2v) is 9.21. The van der Waals surface area contributed by atoms with Crippen LogP contribution in [0.5, 0.6) is 0 Å². The lowest BCUT2D eigenvalue weighted by Gasteiger charge is -2.23. The summed E-state index contributed by atoms with van der Waals surface area (Å²) in [6.07, 6.45) is 3.63. The largest absolute Gasteiger partial charge is 0.387 e. The molecule has 204 valence electrons. The Labute approximate surface area is 224 Å². The molecule has 2 aromatic carbocycles. The molecule has 2 aromatic rings. The quantitative estimate of drug-likeness (QED) is 0.325. The van der Waals surface area contributed by atoms with Crippen LogP contribution in [0.2, 0.25) is 0 Å². The molecule has 0 saturated carbocycles. The molecule has 38 heavy (non-hydrogen) atoms. The predicted octanol–water partition coefficient (Wildman–Crippen LogP) is 3.64. The Bertz CT molecular complexity index is 1160. The molecule has 1 heterocycles. The molecule has 0 aromatic heterocycles. The third-order valence-electron chi connectivity index (χ3n) is 5.94. The van der Waals surface area contributed by atoms with Crippen molar-refractivity contribution in [2.45, 2.75) is 33.1 Å². The number of amidine groups is 1. The Kier molecular flexibility index (Phi) is 11.5. The molecule has 2 amide bonds. The Balaban J connectivity index is 1.67. The van der Waals surface area contributed by atoms with Gasteiger partial charge in [-0.05, 0) is 55.7 Å². The van der Waals surface area contributed by atoms with E-state index in [-0.39, 0.29) is 18.2 Å². The summed E-state index contributed by atoms with van der Waals surface area (Å²) >= 11 is 0. The van der Waals surface area contributed by atoms with Crippen molar-refractivity contribution in [1.29, 1.82) is 0 Å². The lowest BCUT2D eigenvalue weighted by atomic mass is 10.0. The van der Waals surface area contributed by atoms with Crippen molar-refractivity contribution in [3.05, 3.63) is 64.7 Å². The molecular formula is C29H39N5O4. The van der Waals surface area contributed by atoms with Crippen molar-refractivity contribution < 1.29 is 19.1 Å². The minimum Gasteiger partial charge on any atom is -0.387 e. The number of ether oxygens (including phenoxy) is 2. The van der Waals surface area contributed by atoms with E-state index in [1.165, 1.54) is 0 Å². The van der Waals surface area contributed by atoms with Crippen LogP contribution in [-0.4, -0.2) is 68.6 Å². The maximum atomic E-state index is 13.5. The lowest BCUT2D eigenvalue weighted by Crippen LogP contribution is -2.35. The summed E-state index contributed by atoms with van der Waals surface area (Å²) in [4.78, 5) is 32.6. The number of nitrogens with two attached hydrogens (primary N) is 2. The fourth-order valence-electron chi connectivity index (χ4n) is 4.15. The maximum absolute atomic E-state index is 13.5. The van der Waals surface area contributed by atoms with Gasteiger partial charge in [0.15, 0.2) is 0 Å². The monoisotopic (exact) mass is 521 g/mol. The number of benzene rings is 2. The predicted molar refractivity (Wildman–Crippen MR) is 152 cm³/mol. The van der Waals surface area contributed by atoms with Gasteiger partial charge in [-0.3, -0.25) is 9.59 Å². The second kappa shape index (κ2) is 15.0. The van der Waals surface area contributed by atoms with Gasteiger partial charge < -0.3 is 31.2 Å². The molecule has 0 radical (unpaired) electrons. The molecule has 0 unspecified atom stereocenters. The molecule has 5 N–H and O–H groups in total. The first-order valence-corrected chi connectivity index (χ1v) is 13.1. The number of carbonyl (C=O) groups excluding carboxylic acids is 2. The van der Waals surface area contributed by atoms with E-state index in [1.807, 2.05) is 49.1 Å². The van der Waals surface area contributed by atoms with Crippen molar-refractivity contribution in [2.24, 2.45) is 16.5 Å². The smallest absolute Gasteiger partial charge is 0.255 e. The molecule has 0 aliphatic carbocycles. The second-order valence-electron chi connectivity index (χ2n) is 9.21. The molecule has 0 saturated heterocycles. The average molecular weight is 522 g/mol. The van der Waals surface area contributed by atoms with Crippen LogP contribution in [0.25, 0.3) is 6.08 Å². The summed E-state index contributed by atoms with van der Waals surface area (Å²) in [6.45, 7) is 7.80. The molecule has 1 aliphatic heterocycles. The van der Waals surface area contributed by atoms with E-state index in [0.29, 0.717) is 68.7 Å². The highest BCUT2D eigenvalue weighted by molar-refractivity contribution is 6.07. The van der Waals surface area contributed by atoms with Crippen LogP contribution in [0, 0.1) is 6.92 Å². The van der Waals surface area contributed by atoms with Gasteiger partial charge in [0.2, 0.25) is 5.91 Å². The van der Waals surface area contributed by atoms with Crippen molar-refractivity contribution >= 4 is 35.1 Å². The highest BCUT2D eigenvalue weighted by Crippen LogP contribution is 2.29. The molecule has 9 nitrogen and oxygen atoms in total. The number of hydrogen-bond donors (Lipinski definition) is 3. The Hall–Kier alpha value is -3.53. The molecule has 0 bridgehead atoms. The Morgan fingerprint density at radius 3 is 2.58 bits per heavy atom. The highest BCUT2D eigenvalue weighted by atomic mass is 16.5. The van der Waals surface area contributed by atoms with Crippen LogP contribution >= 0.6 is 0 Å². The van der Waals surface area contributed by atoms with E-state index < -0.39 is 0 Å². The maximum Gasteiger partial charge on any atom is 0.255 e. The van der Waals surface area contributed by atoms with E-state index in [0.717, 1.165) is 29.7 Å². The fraction of sp³-hybridized carbons (Fsp3) is 0.414. The standard InChI is InChI=1S/C29H39N5O4/c1-3-11-34(12-5-13-37-15-16-38-14-10-30)29(36)24-18-22-8-9-23(19-26(22)33-27(31)20-24)28(35)32-25-7-4-6-21(2)17-25/h4,6-9,17-19H,3,5,10-16,20,30H2,1-2H3,(H2,31,33)(H,32,35). The zero-order valence-corrected chi connectivity index (χ0v) is 22.4. The molecule has 0 fully saturated rings. The normalized spacial score (nSPS) is 12.7. The summed E-state index contributed by atoms with van der Waals surface area (Å²) in [5.74, 6) is 0.0289. The third kappa shape index (κ3) is 8.79. The lowest BCUT2D eigenvalue weighted by molar-refractivity contribution is -0.127. The van der Waals surface area contributed by atoms with E-state index in [1.54, 1.807) is 18.2 Å². The Morgan fingerprint density at radius 2 is 1.84 bits per heavy atom. The van der Waals surface area contributed by atoms with Gasteiger partial charge in [0.1, 0.15) is 5.84 Å². The van der Waals surface area contributed by atoms with Crippen molar-refractivity contribution in [1.82, 2.24) is 4.90 Å². The van der Waals surface area contributed by atoms with Gasteiger partial charge in [-0.25, -0.2) is 4.99 Å². The third-order valence-corrected chi connectivity index (χ3v) is 5.94. The van der Waals surface area contributed by atoms with Crippen LogP contribution in [0.4, 0.5) is 11.4 Å². The number of hydrogen-bond acceptors (Lipinski definition) is 7. The van der Waals surface area contributed by atoms with Crippen LogP contribution in [0.15, 0.2) is 53.0 Å². The van der Waals surface area contributed by atoms with Gasteiger partial charge in [-0.2, -0.15) is 0 Å². The Morgan fingerprint density at radius 1 is 1.05 bits per heavy atom. The summed E-state index contributed by atoms with van der Waals surface area (Å²) in [6, 6.07) is 12.9. The van der Waals surface area contributed by atoms with Crippen molar-refractivity contribution in [3.63, 3.8) is 0 Å². The minimum atomic E-state index is -0.237. The summed E-state index contributed by atoms with van der Waals surface area (Å²) in [7, 11) is 0. The SMILES string of the molecule is CCCN(CCCOCCOCCN)C(=O)C1=Cc2ccc(C(=O)Nc3cccc(C)c3)cc2N=C(N)C1. The molecular weight excluding hydrogens is 482 g/mol. The molecule has 9 heteroatoms.